The second-order valence-electron chi connectivity index (χ2n) is 6.30. The Morgan fingerprint density at radius 1 is 1.19 bits per heavy atom. The van der Waals surface area contributed by atoms with Crippen LogP contribution in [-0.4, -0.2) is 4.98 Å². The first kappa shape index (κ1) is 17.3. The summed E-state index contributed by atoms with van der Waals surface area (Å²) in [5, 5.41) is 3.30. The van der Waals surface area contributed by atoms with Crippen molar-refractivity contribution in [2.75, 3.05) is 5.73 Å². The first-order valence-corrected chi connectivity index (χ1v) is 9.46. The lowest BCUT2D eigenvalue weighted by Gasteiger charge is -2.09. The van der Waals surface area contributed by atoms with E-state index in [1.807, 2.05) is 48.7 Å². The molecule has 0 aliphatic carbocycles. The fraction of sp³-hybridized carbons (Fsp3) is 0.143. The molecule has 0 unspecified atom stereocenters. The van der Waals surface area contributed by atoms with Crippen molar-refractivity contribution in [1.29, 1.82) is 0 Å². The van der Waals surface area contributed by atoms with Crippen LogP contribution in [-0.2, 0) is 12.8 Å². The first-order chi connectivity index (χ1) is 13.1. The van der Waals surface area contributed by atoms with Crippen LogP contribution in [0.1, 0.15) is 16.7 Å². The Morgan fingerprint density at radius 3 is 2.85 bits per heavy atom. The molecule has 0 aliphatic heterocycles. The monoisotopic (exact) mass is 378 g/mol. The lowest BCUT2D eigenvalue weighted by molar-refractivity contribution is 0.476. The van der Waals surface area contributed by atoms with E-state index in [4.69, 9.17) is 14.9 Å². The highest BCUT2D eigenvalue weighted by atomic mass is 32.1. The fourth-order valence-electron chi connectivity index (χ4n) is 3.11. The number of hydrogen-bond donors (Lipinski definition) is 1. The number of thiazole rings is 1. The Labute approximate surface area is 160 Å². The van der Waals surface area contributed by atoms with Crippen molar-refractivity contribution in [3.05, 3.63) is 81.2 Å². The number of ether oxygens (including phenoxy) is 1. The molecule has 0 spiro atoms. The molecule has 2 heterocycles. The van der Waals surface area contributed by atoms with Gasteiger partial charge in [-0.2, -0.15) is 0 Å². The highest BCUT2D eigenvalue weighted by molar-refractivity contribution is 7.11. The Kier molecular flexibility index (Phi) is 4.64. The third-order valence-corrected chi connectivity index (χ3v) is 5.14. The van der Waals surface area contributed by atoms with E-state index in [1.165, 1.54) is 11.3 Å². The smallest absolute Gasteiger partial charge is 0.339 e. The minimum absolute atomic E-state index is 0.310. The minimum Gasteiger partial charge on any atom is -0.431 e. The van der Waals surface area contributed by atoms with Crippen molar-refractivity contribution in [3.63, 3.8) is 0 Å². The molecule has 5 nitrogen and oxygen atoms in total. The number of hydrogen-bond acceptors (Lipinski definition) is 6. The van der Waals surface area contributed by atoms with Crippen molar-refractivity contribution in [2.45, 2.75) is 19.8 Å². The summed E-state index contributed by atoms with van der Waals surface area (Å²) >= 11 is 1.40. The molecule has 0 saturated carbocycles. The molecule has 2 N–H and O–H groups in total. The topological polar surface area (TPSA) is 78.4 Å². The summed E-state index contributed by atoms with van der Waals surface area (Å²) in [5.74, 6) is 0.590. The maximum absolute atomic E-state index is 12.5. The van der Waals surface area contributed by atoms with E-state index in [2.05, 4.69) is 4.98 Å². The summed E-state index contributed by atoms with van der Waals surface area (Å²) in [6.45, 7) is 1.95. The van der Waals surface area contributed by atoms with Gasteiger partial charge in [0.15, 0.2) is 0 Å². The SMILES string of the molecule is Cc1c(CCc2cccc(N)c2)c(=O)oc2cc(Oc3nccs3)ccc12. The van der Waals surface area contributed by atoms with Crippen molar-refractivity contribution >= 4 is 28.0 Å². The second kappa shape index (κ2) is 7.25. The van der Waals surface area contributed by atoms with Gasteiger partial charge in [-0.1, -0.05) is 23.5 Å². The van der Waals surface area contributed by atoms with E-state index in [0.29, 0.717) is 28.5 Å². The molecule has 4 aromatic rings. The molecule has 2 aromatic heterocycles. The number of anilines is 1. The molecule has 4 rings (SSSR count). The normalized spacial score (nSPS) is 11.0. The van der Waals surface area contributed by atoms with Gasteiger partial charge in [-0.05, 0) is 55.2 Å². The fourth-order valence-corrected chi connectivity index (χ4v) is 3.61. The number of benzene rings is 2. The number of rotatable bonds is 5. The number of nitrogen functional groups attached to an aromatic ring is 1. The second-order valence-corrected chi connectivity index (χ2v) is 7.15. The number of nitrogens with zero attached hydrogens (tertiary/aromatic N) is 1. The quantitative estimate of drug-likeness (QED) is 0.402. The predicted molar refractivity (Wildman–Crippen MR) is 108 cm³/mol. The lowest BCUT2D eigenvalue weighted by atomic mass is 9.99. The highest BCUT2D eigenvalue weighted by Crippen LogP contribution is 2.28. The Morgan fingerprint density at radius 2 is 2.07 bits per heavy atom. The number of nitrogens with two attached hydrogens (primary N) is 1. The Hall–Kier alpha value is -3.12. The molecule has 0 bridgehead atoms. The summed E-state index contributed by atoms with van der Waals surface area (Å²) in [7, 11) is 0. The maximum atomic E-state index is 12.5. The summed E-state index contributed by atoms with van der Waals surface area (Å²) < 4.78 is 11.3. The zero-order valence-electron chi connectivity index (χ0n) is 14.8. The molecule has 6 heteroatoms. The summed E-state index contributed by atoms with van der Waals surface area (Å²) in [5.41, 5.74) is 9.48. The average Bonchev–Trinajstić information content (AvgIpc) is 3.14. The third kappa shape index (κ3) is 3.71. The summed E-state index contributed by atoms with van der Waals surface area (Å²) in [6, 6.07) is 13.2. The van der Waals surface area contributed by atoms with Crippen LogP contribution in [0, 0.1) is 6.92 Å². The zero-order chi connectivity index (χ0) is 18.8. The highest BCUT2D eigenvalue weighted by Gasteiger charge is 2.13. The molecular weight excluding hydrogens is 360 g/mol. The van der Waals surface area contributed by atoms with Gasteiger partial charge < -0.3 is 14.9 Å². The van der Waals surface area contributed by atoms with Crippen LogP contribution >= 0.6 is 11.3 Å². The van der Waals surface area contributed by atoms with E-state index in [0.717, 1.165) is 28.6 Å². The van der Waals surface area contributed by atoms with Gasteiger partial charge in [-0.3, -0.25) is 0 Å². The molecule has 2 aromatic carbocycles. The minimum atomic E-state index is -0.310. The van der Waals surface area contributed by atoms with Crippen LogP contribution in [0.5, 0.6) is 10.9 Å². The van der Waals surface area contributed by atoms with Gasteiger partial charge in [-0.15, -0.1) is 0 Å². The predicted octanol–water partition coefficient (Wildman–Crippen LogP) is 4.72. The molecule has 0 atom stereocenters. The van der Waals surface area contributed by atoms with Gasteiger partial charge >= 0.3 is 5.63 Å². The Bertz CT molecular complexity index is 1150. The van der Waals surface area contributed by atoms with Gasteiger partial charge in [0.2, 0.25) is 0 Å². The van der Waals surface area contributed by atoms with Crippen LogP contribution in [0.4, 0.5) is 5.69 Å². The molecule has 0 radical (unpaired) electrons. The van der Waals surface area contributed by atoms with Crippen molar-refractivity contribution in [1.82, 2.24) is 4.98 Å². The van der Waals surface area contributed by atoms with Crippen molar-refractivity contribution in [3.8, 4) is 10.9 Å². The van der Waals surface area contributed by atoms with E-state index < -0.39 is 0 Å². The van der Waals surface area contributed by atoms with Gasteiger partial charge in [0, 0.05) is 34.3 Å². The van der Waals surface area contributed by atoms with Crippen molar-refractivity contribution < 1.29 is 9.15 Å². The van der Waals surface area contributed by atoms with Crippen molar-refractivity contribution in [2.24, 2.45) is 0 Å². The number of aryl methyl sites for hydroxylation is 2. The van der Waals surface area contributed by atoms with E-state index in [9.17, 15) is 4.79 Å². The van der Waals surface area contributed by atoms with Gasteiger partial charge in [0.25, 0.3) is 5.19 Å². The third-order valence-electron chi connectivity index (χ3n) is 4.49. The standard InChI is InChI=1S/C21H18N2O3S/c1-13-17-8-6-16(25-21-23-9-10-27-21)12-19(17)26-20(24)18(13)7-5-14-3-2-4-15(22)11-14/h2-4,6,8-12H,5,7,22H2,1H3. The zero-order valence-corrected chi connectivity index (χ0v) is 15.6. The molecule has 27 heavy (non-hydrogen) atoms. The van der Waals surface area contributed by atoms with Gasteiger partial charge in [-0.25, -0.2) is 9.78 Å². The Balaban J connectivity index is 1.63. The van der Waals surface area contributed by atoms with Crippen LogP contribution in [0.15, 0.2) is 63.3 Å². The van der Waals surface area contributed by atoms with Crippen LogP contribution in [0.2, 0.25) is 0 Å². The van der Waals surface area contributed by atoms with Crippen LogP contribution < -0.4 is 16.1 Å². The van der Waals surface area contributed by atoms with Gasteiger partial charge in [0.05, 0.1) is 0 Å². The lowest BCUT2D eigenvalue weighted by Crippen LogP contribution is -2.11. The summed E-state index contributed by atoms with van der Waals surface area (Å²) in [6.07, 6.45) is 3.01. The van der Waals surface area contributed by atoms with E-state index >= 15 is 0 Å². The largest absolute Gasteiger partial charge is 0.431 e. The molecule has 0 amide bonds. The number of aromatic nitrogens is 1. The molecule has 0 aliphatic rings. The van der Waals surface area contributed by atoms with E-state index in [-0.39, 0.29) is 5.63 Å². The van der Waals surface area contributed by atoms with E-state index in [1.54, 1.807) is 12.3 Å². The molecule has 136 valence electrons. The summed E-state index contributed by atoms with van der Waals surface area (Å²) in [4.78, 5) is 16.6. The molecule has 0 saturated heterocycles. The van der Waals surface area contributed by atoms with Crippen LogP contribution in [0.3, 0.4) is 0 Å². The molecule has 0 fully saturated rings. The maximum Gasteiger partial charge on any atom is 0.339 e. The average molecular weight is 378 g/mol. The van der Waals surface area contributed by atoms with Crippen LogP contribution in [0.25, 0.3) is 11.0 Å². The molecular formula is C21H18N2O3S. The first-order valence-electron chi connectivity index (χ1n) is 8.58. The van der Waals surface area contributed by atoms with Gasteiger partial charge in [0.1, 0.15) is 11.3 Å². The number of fused-ring (bicyclic) bond motifs is 1.